The molecular formula is C18H23ClN2O4S. The number of nitrogens with zero attached hydrogens (tertiary/aromatic N) is 1. The fourth-order valence-corrected chi connectivity index (χ4v) is 3.90. The molecule has 0 aliphatic heterocycles. The molecule has 0 aliphatic carbocycles. The minimum absolute atomic E-state index is 0.134. The van der Waals surface area contributed by atoms with Crippen molar-refractivity contribution < 1.29 is 17.9 Å². The molecule has 6 nitrogen and oxygen atoms in total. The van der Waals surface area contributed by atoms with Gasteiger partial charge in [-0.1, -0.05) is 23.7 Å². The summed E-state index contributed by atoms with van der Waals surface area (Å²) in [6, 6.07) is 11.5. The van der Waals surface area contributed by atoms with Crippen molar-refractivity contribution in [3.63, 3.8) is 0 Å². The minimum atomic E-state index is -3.66. The summed E-state index contributed by atoms with van der Waals surface area (Å²) in [6.45, 7) is 0.192. The van der Waals surface area contributed by atoms with Crippen LogP contribution in [0.2, 0.25) is 5.02 Å². The van der Waals surface area contributed by atoms with Crippen molar-refractivity contribution >= 4 is 21.6 Å². The highest BCUT2D eigenvalue weighted by Gasteiger charge is 2.21. The largest absolute Gasteiger partial charge is 0.493 e. The normalized spacial score (nSPS) is 12.8. The summed E-state index contributed by atoms with van der Waals surface area (Å²) < 4.78 is 38.3. The Labute approximate surface area is 159 Å². The molecule has 0 amide bonds. The zero-order valence-electron chi connectivity index (χ0n) is 15.2. The number of ether oxygens (including phenoxy) is 2. The molecule has 2 aromatic carbocycles. The van der Waals surface area contributed by atoms with E-state index in [4.69, 9.17) is 21.1 Å². The van der Waals surface area contributed by atoms with Crippen molar-refractivity contribution in [3.05, 3.63) is 53.1 Å². The summed E-state index contributed by atoms with van der Waals surface area (Å²) >= 11 is 5.90. The molecule has 0 saturated heterocycles. The second-order valence-corrected chi connectivity index (χ2v) is 8.11. The Morgan fingerprint density at radius 3 is 2.35 bits per heavy atom. The van der Waals surface area contributed by atoms with Crippen LogP contribution in [0.15, 0.2) is 47.4 Å². The van der Waals surface area contributed by atoms with Crippen molar-refractivity contribution in [1.29, 1.82) is 0 Å². The summed E-state index contributed by atoms with van der Waals surface area (Å²) in [5.74, 6) is 1.21. The van der Waals surface area contributed by atoms with Gasteiger partial charge in [-0.25, -0.2) is 13.1 Å². The van der Waals surface area contributed by atoms with Gasteiger partial charge in [-0.05, 0) is 50.0 Å². The Hall–Kier alpha value is -1.80. The number of benzene rings is 2. The summed E-state index contributed by atoms with van der Waals surface area (Å²) in [5.41, 5.74) is 0.904. The second kappa shape index (κ2) is 8.73. The number of rotatable bonds is 8. The first kappa shape index (κ1) is 20.5. The maximum Gasteiger partial charge on any atom is 0.240 e. The fraction of sp³-hybridized carbons (Fsp3) is 0.333. The van der Waals surface area contributed by atoms with Gasteiger partial charge in [0.15, 0.2) is 11.5 Å². The Morgan fingerprint density at radius 1 is 1.08 bits per heavy atom. The van der Waals surface area contributed by atoms with Gasteiger partial charge in [0.1, 0.15) is 0 Å². The highest BCUT2D eigenvalue weighted by Crippen LogP contribution is 2.31. The van der Waals surface area contributed by atoms with Crippen molar-refractivity contribution in [1.82, 2.24) is 9.62 Å². The first-order valence-corrected chi connectivity index (χ1v) is 9.78. The molecule has 1 atom stereocenters. The van der Waals surface area contributed by atoms with Gasteiger partial charge in [-0.3, -0.25) is 0 Å². The second-order valence-electron chi connectivity index (χ2n) is 5.90. The zero-order valence-corrected chi connectivity index (χ0v) is 16.8. The number of likely N-dealkylation sites (N-methyl/N-ethyl adjacent to an activating group) is 1. The van der Waals surface area contributed by atoms with Crippen LogP contribution in [0.1, 0.15) is 11.6 Å². The van der Waals surface area contributed by atoms with E-state index in [1.807, 2.05) is 31.1 Å². The van der Waals surface area contributed by atoms with Crippen LogP contribution in [0.25, 0.3) is 0 Å². The zero-order chi connectivity index (χ0) is 19.3. The van der Waals surface area contributed by atoms with E-state index in [1.165, 1.54) is 12.1 Å². The predicted molar refractivity (Wildman–Crippen MR) is 103 cm³/mol. The summed E-state index contributed by atoms with van der Waals surface area (Å²) in [7, 11) is 3.24. The number of nitrogens with one attached hydrogen (secondary N) is 1. The van der Waals surface area contributed by atoms with E-state index in [0.29, 0.717) is 16.5 Å². The molecule has 0 saturated carbocycles. The lowest BCUT2D eigenvalue weighted by Crippen LogP contribution is -2.34. The van der Waals surface area contributed by atoms with Gasteiger partial charge in [0, 0.05) is 17.6 Å². The SMILES string of the molecule is COc1ccc(C(CNS(=O)(=O)c2cccc(Cl)c2)N(C)C)cc1OC. The van der Waals surface area contributed by atoms with Crippen LogP contribution >= 0.6 is 11.6 Å². The van der Waals surface area contributed by atoms with Gasteiger partial charge in [-0.2, -0.15) is 0 Å². The Morgan fingerprint density at radius 2 is 1.77 bits per heavy atom. The highest BCUT2D eigenvalue weighted by molar-refractivity contribution is 7.89. The molecule has 0 spiro atoms. The van der Waals surface area contributed by atoms with E-state index in [9.17, 15) is 8.42 Å². The number of methoxy groups -OCH3 is 2. The highest BCUT2D eigenvalue weighted by atomic mass is 35.5. The van der Waals surface area contributed by atoms with Crippen LogP contribution in [-0.2, 0) is 10.0 Å². The van der Waals surface area contributed by atoms with Gasteiger partial charge in [-0.15, -0.1) is 0 Å². The van der Waals surface area contributed by atoms with Gasteiger partial charge < -0.3 is 14.4 Å². The lowest BCUT2D eigenvalue weighted by molar-refractivity contribution is 0.297. The van der Waals surface area contributed by atoms with Crippen molar-refractivity contribution in [2.24, 2.45) is 0 Å². The van der Waals surface area contributed by atoms with E-state index in [0.717, 1.165) is 5.56 Å². The molecule has 0 aliphatic rings. The standard InChI is InChI=1S/C18H23ClN2O4S/c1-21(2)16(13-8-9-17(24-3)18(10-13)25-4)12-20-26(22,23)15-7-5-6-14(19)11-15/h5-11,16,20H,12H2,1-4H3. The lowest BCUT2D eigenvalue weighted by Gasteiger charge is -2.25. The van der Waals surface area contributed by atoms with Gasteiger partial charge in [0.05, 0.1) is 19.1 Å². The van der Waals surface area contributed by atoms with Crippen molar-refractivity contribution in [3.8, 4) is 11.5 Å². The fourth-order valence-electron chi connectivity index (χ4n) is 2.56. The monoisotopic (exact) mass is 398 g/mol. The van der Waals surface area contributed by atoms with Gasteiger partial charge in [0.2, 0.25) is 10.0 Å². The summed E-state index contributed by atoms with van der Waals surface area (Å²) in [6.07, 6.45) is 0. The Kier molecular flexibility index (Phi) is 6.88. The van der Waals surface area contributed by atoms with Crippen LogP contribution in [-0.4, -0.2) is 48.2 Å². The smallest absolute Gasteiger partial charge is 0.240 e. The third-order valence-electron chi connectivity index (χ3n) is 3.99. The van der Waals surface area contributed by atoms with Crippen LogP contribution in [0.3, 0.4) is 0 Å². The minimum Gasteiger partial charge on any atom is -0.493 e. The van der Waals surface area contributed by atoms with Crippen LogP contribution in [0, 0.1) is 0 Å². The number of halogens is 1. The molecule has 26 heavy (non-hydrogen) atoms. The Bertz CT molecular complexity index is 856. The molecule has 2 rings (SSSR count). The van der Waals surface area contributed by atoms with E-state index >= 15 is 0 Å². The number of hydrogen-bond acceptors (Lipinski definition) is 5. The first-order chi connectivity index (χ1) is 12.3. The lowest BCUT2D eigenvalue weighted by atomic mass is 10.1. The van der Waals surface area contributed by atoms with Crippen LogP contribution in [0.5, 0.6) is 11.5 Å². The molecule has 2 aromatic rings. The third-order valence-corrected chi connectivity index (χ3v) is 5.65. The maximum atomic E-state index is 12.5. The summed E-state index contributed by atoms with van der Waals surface area (Å²) in [5, 5.41) is 0.372. The number of sulfonamides is 1. The van der Waals surface area contributed by atoms with E-state index in [1.54, 1.807) is 32.4 Å². The molecule has 0 radical (unpaired) electrons. The summed E-state index contributed by atoms with van der Waals surface area (Å²) in [4.78, 5) is 2.07. The average Bonchev–Trinajstić information content (AvgIpc) is 2.61. The molecule has 142 valence electrons. The van der Waals surface area contributed by atoms with Gasteiger partial charge in [0.25, 0.3) is 0 Å². The third kappa shape index (κ3) is 4.88. The van der Waals surface area contributed by atoms with Crippen LogP contribution in [0.4, 0.5) is 0 Å². The maximum absolute atomic E-state index is 12.5. The van der Waals surface area contributed by atoms with Crippen molar-refractivity contribution in [2.75, 3.05) is 34.9 Å². The van der Waals surface area contributed by atoms with E-state index in [-0.39, 0.29) is 17.5 Å². The van der Waals surface area contributed by atoms with Gasteiger partial charge >= 0.3 is 0 Å². The van der Waals surface area contributed by atoms with Crippen LogP contribution < -0.4 is 14.2 Å². The molecule has 1 unspecified atom stereocenters. The molecular weight excluding hydrogens is 376 g/mol. The Balaban J connectivity index is 2.24. The average molecular weight is 399 g/mol. The molecule has 0 bridgehead atoms. The molecule has 1 N–H and O–H groups in total. The topological polar surface area (TPSA) is 67.9 Å². The van der Waals surface area contributed by atoms with E-state index < -0.39 is 10.0 Å². The first-order valence-electron chi connectivity index (χ1n) is 7.92. The predicted octanol–water partition coefficient (Wildman–Crippen LogP) is 2.94. The molecule has 0 aromatic heterocycles. The van der Waals surface area contributed by atoms with Crippen molar-refractivity contribution in [2.45, 2.75) is 10.9 Å². The van der Waals surface area contributed by atoms with E-state index in [2.05, 4.69) is 4.72 Å². The molecule has 0 fully saturated rings. The quantitative estimate of drug-likeness (QED) is 0.740. The number of hydrogen-bond donors (Lipinski definition) is 1. The molecule has 0 heterocycles. The molecule has 8 heteroatoms.